The van der Waals surface area contributed by atoms with Crippen LogP contribution >= 0.6 is 0 Å². The van der Waals surface area contributed by atoms with E-state index in [1.165, 1.54) is 0 Å². The second-order valence-corrected chi connectivity index (χ2v) is 7.04. The van der Waals surface area contributed by atoms with Gasteiger partial charge in [-0.2, -0.15) is 0 Å². The summed E-state index contributed by atoms with van der Waals surface area (Å²) in [6, 6.07) is 7.69. The predicted octanol–water partition coefficient (Wildman–Crippen LogP) is 3.51. The van der Waals surface area contributed by atoms with E-state index in [1.54, 1.807) is 4.90 Å². The number of carbonyl (C=O) groups is 2. The van der Waals surface area contributed by atoms with E-state index >= 15 is 0 Å². The van der Waals surface area contributed by atoms with Crippen LogP contribution in [0.2, 0.25) is 0 Å². The highest BCUT2D eigenvalue weighted by Crippen LogP contribution is 2.37. The number of aromatic nitrogens is 2. The monoisotopic (exact) mass is 365 g/mol. The molecule has 1 amide bonds. The first-order valence-electron chi connectivity index (χ1n) is 9.41. The van der Waals surface area contributed by atoms with Gasteiger partial charge in [0, 0.05) is 31.0 Å². The van der Waals surface area contributed by atoms with Crippen molar-refractivity contribution in [1.29, 1.82) is 0 Å². The highest BCUT2D eigenvalue weighted by molar-refractivity contribution is 6.46. The van der Waals surface area contributed by atoms with Crippen LogP contribution < -0.4 is 0 Å². The highest BCUT2D eigenvalue weighted by atomic mass is 16.5. The zero-order chi connectivity index (χ0) is 19.1. The van der Waals surface area contributed by atoms with Crippen LogP contribution in [0.15, 0.2) is 28.8 Å². The van der Waals surface area contributed by atoms with Crippen molar-refractivity contribution in [2.45, 2.75) is 33.1 Å². The Morgan fingerprint density at radius 3 is 2.59 bits per heavy atom. The fraction of sp³-hybridized carbons (Fsp3) is 0.381. The van der Waals surface area contributed by atoms with E-state index in [0.717, 1.165) is 35.0 Å². The number of rotatable bonds is 4. The van der Waals surface area contributed by atoms with Gasteiger partial charge in [-0.15, -0.1) is 0 Å². The quantitative estimate of drug-likeness (QED) is 0.524. The van der Waals surface area contributed by atoms with Gasteiger partial charge in [0.25, 0.3) is 11.7 Å². The van der Waals surface area contributed by atoms with Crippen molar-refractivity contribution >= 4 is 22.6 Å². The van der Waals surface area contributed by atoms with Crippen LogP contribution in [0.1, 0.15) is 41.6 Å². The Balaban J connectivity index is 1.97. The Bertz CT molecular complexity index is 1040. The molecule has 0 radical (unpaired) electrons. The topological polar surface area (TPSA) is 68.3 Å². The Hall–Kier alpha value is -2.89. The minimum atomic E-state index is -0.452. The summed E-state index contributed by atoms with van der Waals surface area (Å²) in [6.45, 7) is 5.14. The van der Waals surface area contributed by atoms with Crippen LogP contribution in [-0.2, 0) is 18.3 Å². The molecule has 1 aliphatic heterocycles. The molecule has 6 nitrogen and oxygen atoms in total. The molecule has 4 rings (SSSR count). The number of carbonyl (C=O) groups excluding carboxylic acids is 2. The van der Waals surface area contributed by atoms with E-state index in [9.17, 15) is 9.59 Å². The molecule has 0 unspecified atom stereocenters. The average Bonchev–Trinajstić information content (AvgIpc) is 3.39. The molecule has 0 spiro atoms. The number of para-hydroxylation sites is 1. The minimum absolute atomic E-state index is 0.419. The maximum atomic E-state index is 13.3. The summed E-state index contributed by atoms with van der Waals surface area (Å²) in [7, 11) is 1.92. The second-order valence-electron chi connectivity index (χ2n) is 7.04. The maximum absolute atomic E-state index is 13.3. The Morgan fingerprint density at radius 2 is 1.89 bits per heavy atom. The summed E-state index contributed by atoms with van der Waals surface area (Å²) in [5, 5.41) is 4.94. The second kappa shape index (κ2) is 6.68. The molecule has 0 bridgehead atoms. The predicted molar refractivity (Wildman–Crippen MR) is 103 cm³/mol. The first-order valence-corrected chi connectivity index (χ1v) is 9.41. The van der Waals surface area contributed by atoms with Crippen molar-refractivity contribution in [3.8, 4) is 11.3 Å². The average molecular weight is 365 g/mol. The van der Waals surface area contributed by atoms with Crippen LogP contribution in [-0.4, -0.2) is 39.4 Å². The van der Waals surface area contributed by atoms with Crippen molar-refractivity contribution < 1.29 is 14.1 Å². The van der Waals surface area contributed by atoms with E-state index < -0.39 is 11.7 Å². The van der Waals surface area contributed by atoms with E-state index in [4.69, 9.17) is 4.52 Å². The van der Waals surface area contributed by atoms with Crippen LogP contribution in [0, 0.1) is 6.92 Å². The van der Waals surface area contributed by atoms with E-state index in [-0.39, 0.29) is 0 Å². The fourth-order valence-electron chi connectivity index (χ4n) is 4.05. The summed E-state index contributed by atoms with van der Waals surface area (Å²) in [5.41, 5.74) is 3.68. The van der Waals surface area contributed by atoms with Crippen molar-refractivity contribution in [3.63, 3.8) is 0 Å². The molecule has 0 aliphatic carbocycles. The summed E-state index contributed by atoms with van der Waals surface area (Å²) in [5.74, 6) is -0.218. The van der Waals surface area contributed by atoms with Crippen LogP contribution in [0.5, 0.6) is 0 Å². The number of ketones is 1. The Labute approximate surface area is 157 Å². The molecule has 1 aromatic carbocycles. The van der Waals surface area contributed by atoms with Crippen molar-refractivity contribution in [1.82, 2.24) is 14.6 Å². The van der Waals surface area contributed by atoms with Gasteiger partial charge in [-0.25, -0.2) is 0 Å². The van der Waals surface area contributed by atoms with Gasteiger partial charge in [-0.05, 0) is 32.3 Å². The lowest BCUT2D eigenvalue weighted by atomic mass is 9.99. The highest BCUT2D eigenvalue weighted by Gasteiger charge is 2.33. The lowest BCUT2D eigenvalue weighted by molar-refractivity contribution is -0.125. The number of aryl methyl sites for hydroxylation is 3. The molecule has 1 fully saturated rings. The standard InChI is InChI=1S/C21H23N3O3/c1-4-15-17(13(2)27-22-15)19-18(14-9-5-6-10-16(14)23(19)3)20(25)21(26)24-11-7-8-12-24/h5-6,9-10H,4,7-8,11-12H2,1-3H3. The first kappa shape index (κ1) is 17.5. The third-order valence-corrected chi connectivity index (χ3v) is 5.43. The molecule has 3 aromatic rings. The number of Topliss-reactive ketones (excluding diaryl/α,β-unsaturated/α-hetero) is 1. The molecule has 1 saturated heterocycles. The molecule has 140 valence electrons. The zero-order valence-corrected chi connectivity index (χ0v) is 15.9. The van der Waals surface area contributed by atoms with E-state index in [2.05, 4.69) is 5.16 Å². The lowest BCUT2D eigenvalue weighted by Crippen LogP contribution is -2.34. The van der Waals surface area contributed by atoms with Gasteiger partial charge in [-0.3, -0.25) is 9.59 Å². The van der Waals surface area contributed by atoms with E-state index in [1.807, 2.05) is 49.7 Å². The van der Waals surface area contributed by atoms with Crippen molar-refractivity contribution in [2.24, 2.45) is 7.05 Å². The number of nitrogens with zero attached hydrogens (tertiary/aromatic N) is 3. The number of hydrogen-bond acceptors (Lipinski definition) is 4. The van der Waals surface area contributed by atoms with Gasteiger partial charge >= 0.3 is 0 Å². The molecule has 0 saturated carbocycles. The van der Waals surface area contributed by atoms with Crippen LogP contribution in [0.3, 0.4) is 0 Å². The number of benzene rings is 1. The van der Waals surface area contributed by atoms with Crippen LogP contribution in [0.4, 0.5) is 0 Å². The molecule has 6 heteroatoms. The number of hydrogen-bond donors (Lipinski definition) is 0. The normalized spacial score (nSPS) is 14.3. The number of fused-ring (bicyclic) bond motifs is 1. The number of amides is 1. The Kier molecular flexibility index (Phi) is 4.34. The van der Waals surface area contributed by atoms with Gasteiger partial charge in [0.2, 0.25) is 0 Å². The first-order chi connectivity index (χ1) is 13.0. The van der Waals surface area contributed by atoms with Gasteiger partial charge in [0.1, 0.15) is 5.76 Å². The molecule has 0 atom stereocenters. The molecular formula is C21H23N3O3. The summed E-state index contributed by atoms with van der Waals surface area (Å²) in [4.78, 5) is 27.9. The molecule has 27 heavy (non-hydrogen) atoms. The van der Waals surface area contributed by atoms with Crippen LogP contribution in [0.25, 0.3) is 22.2 Å². The lowest BCUT2D eigenvalue weighted by Gasteiger charge is -2.15. The summed E-state index contributed by atoms with van der Waals surface area (Å²) >= 11 is 0. The molecule has 2 aromatic heterocycles. The SMILES string of the molecule is CCc1noc(C)c1-c1c(C(=O)C(=O)N2CCCC2)c2ccccc2n1C. The van der Waals surface area contributed by atoms with Crippen molar-refractivity contribution in [3.05, 3.63) is 41.3 Å². The smallest absolute Gasteiger partial charge is 0.295 e. The maximum Gasteiger partial charge on any atom is 0.295 e. The molecule has 1 aliphatic rings. The van der Waals surface area contributed by atoms with Crippen molar-refractivity contribution in [2.75, 3.05) is 13.1 Å². The van der Waals surface area contributed by atoms with Gasteiger partial charge in [0.15, 0.2) is 0 Å². The van der Waals surface area contributed by atoms with Gasteiger partial charge in [-0.1, -0.05) is 30.3 Å². The molecular weight excluding hydrogens is 342 g/mol. The zero-order valence-electron chi connectivity index (χ0n) is 15.9. The fourth-order valence-corrected chi connectivity index (χ4v) is 4.05. The minimum Gasteiger partial charge on any atom is -0.361 e. The summed E-state index contributed by atoms with van der Waals surface area (Å²) in [6.07, 6.45) is 2.58. The van der Waals surface area contributed by atoms with Gasteiger partial charge in [0.05, 0.1) is 22.5 Å². The Morgan fingerprint density at radius 1 is 1.19 bits per heavy atom. The largest absolute Gasteiger partial charge is 0.361 e. The third kappa shape index (κ3) is 2.67. The van der Waals surface area contributed by atoms with E-state index in [0.29, 0.717) is 36.5 Å². The molecule has 3 heterocycles. The molecule has 0 N–H and O–H groups in total. The number of likely N-dealkylation sites (tertiary alicyclic amines) is 1. The third-order valence-electron chi connectivity index (χ3n) is 5.43. The summed E-state index contributed by atoms with van der Waals surface area (Å²) < 4.78 is 7.39. The van der Waals surface area contributed by atoms with Gasteiger partial charge < -0.3 is 14.0 Å².